The fourth-order valence-electron chi connectivity index (χ4n) is 4.30. The van der Waals surface area contributed by atoms with E-state index in [2.05, 4.69) is 52.0 Å². The van der Waals surface area contributed by atoms with Gasteiger partial charge in [-0.1, -0.05) is 26.0 Å². The number of aliphatic imine (C=N–C) groups is 1. The van der Waals surface area contributed by atoms with Crippen LogP contribution >= 0.6 is 22.7 Å². The lowest BCUT2D eigenvalue weighted by Crippen LogP contribution is -2.41. The zero-order valence-electron chi connectivity index (χ0n) is 18.2. The smallest absolute Gasteiger partial charge is 0.194 e. The summed E-state index contributed by atoms with van der Waals surface area (Å²) in [5.41, 5.74) is 2.44. The molecule has 1 saturated heterocycles. The Morgan fingerprint density at radius 1 is 1.13 bits per heavy atom. The molecule has 4 nitrogen and oxygen atoms in total. The molecule has 0 spiro atoms. The number of Topliss-reactive ketones (excluding diaryl/α,β-unsaturated/α-hetero) is 1. The van der Waals surface area contributed by atoms with Crippen LogP contribution in [0.2, 0.25) is 0 Å². The summed E-state index contributed by atoms with van der Waals surface area (Å²) in [6.07, 6.45) is 4.31. The molecule has 0 amide bonds. The van der Waals surface area contributed by atoms with Crippen molar-refractivity contribution in [1.29, 1.82) is 0 Å². The third kappa shape index (κ3) is 4.93. The number of carbonyl (C=O) groups is 1. The number of aliphatic hydroxyl groups excluding tert-OH is 1. The van der Waals surface area contributed by atoms with Crippen LogP contribution in [0.15, 0.2) is 45.6 Å². The number of ketones is 1. The van der Waals surface area contributed by atoms with E-state index < -0.39 is 5.41 Å². The molecule has 4 rings (SSSR count). The SMILES string of the molecule is CCC1(CC)C(=O)CCN=C1O.CN1CCCC(=C(c2cccs2)c2cccs2)C1. The van der Waals surface area contributed by atoms with Gasteiger partial charge in [-0.15, -0.1) is 22.7 Å². The Kier molecular flexibility index (Phi) is 8.03. The van der Waals surface area contributed by atoms with Crippen LogP contribution in [0.25, 0.3) is 5.57 Å². The third-order valence-electron chi connectivity index (χ3n) is 6.14. The van der Waals surface area contributed by atoms with E-state index >= 15 is 0 Å². The van der Waals surface area contributed by atoms with Crippen molar-refractivity contribution in [2.45, 2.75) is 46.0 Å². The second-order valence-electron chi connectivity index (χ2n) is 7.94. The topological polar surface area (TPSA) is 52.9 Å². The first-order valence-corrected chi connectivity index (χ1v) is 12.5. The second-order valence-corrected chi connectivity index (χ2v) is 9.84. The Labute approximate surface area is 188 Å². The van der Waals surface area contributed by atoms with Crippen LogP contribution in [0, 0.1) is 5.41 Å². The molecule has 0 aromatic carbocycles. The lowest BCUT2D eigenvalue weighted by atomic mass is 9.75. The van der Waals surface area contributed by atoms with Gasteiger partial charge in [0.25, 0.3) is 0 Å². The van der Waals surface area contributed by atoms with Gasteiger partial charge in [-0.05, 0) is 67.7 Å². The Balaban J connectivity index is 0.000000187. The predicted octanol–water partition coefficient (Wildman–Crippen LogP) is 6.06. The molecule has 0 bridgehead atoms. The molecular formula is C24H32N2O2S2. The molecule has 0 atom stereocenters. The van der Waals surface area contributed by atoms with E-state index in [9.17, 15) is 9.90 Å². The maximum Gasteiger partial charge on any atom is 0.194 e. The number of likely N-dealkylation sites (tertiary alicyclic amines) is 1. The summed E-state index contributed by atoms with van der Waals surface area (Å²) in [6, 6.07) is 8.81. The Bertz CT molecular complexity index is 842. The molecular weight excluding hydrogens is 412 g/mol. The maximum atomic E-state index is 11.5. The molecule has 0 radical (unpaired) electrons. The van der Waals surface area contributed by atoms with E-state index in [4.69, 9.17) is 0 Å². The van der Waals surface area contributed by atoms with E-state index in [1.807, 2.05) is 36.5 Å². The number of piperidine rings is 1. The number of rotatable bonds is 4. The van der Waals surface area contributed by atoms with Crippen molar-refractivity contribution in [2.75, 3.05) is 26.7 Å². The van der Waals surface area contributed by atoms with Crippen LogP contribution in [-0.2, 0) is 4.79 Å². The molecule has 1 fully saturated rings. The molecule has 30 heavy (non-hydrogen) atoms. The van der Waals surface area contributed by atoms with Crippen molar-refractivity contribution < 1.29 is 9.90 Å². The number of thiophene rings is 2. The van der Waals surface area contributed by atoms with Crippen LogP contribution in [0.1, 0.15) is 55.7 Å². The Morgan fingerprint density at radius 2 is 1.77 bits per heavy atom. The normalized spacial score (nSPS) is 19.1. The van der Waals surface area contributed by atoms with Crippen LogP contribution in [-0.4, -0.2) is 48.4 Å². The summed E-state index contributed by atoms with van der Waals surface area (Å²) in [7, 11) is 2.22. The standard InChI is InChI=1S/C15H17NS2.C9H15NO2/c1-16-8-2-5-12(11-16)15(13-6-3-9-17-13)14-7-4-10-18-14;1-3-9(4-2)7(11)5-6-10-8(9)12/h3-4,6-7,9-10H,2,5,8,11H2,1H3;3-6H2,1-2H3,(H,10,12). The quantitative estimate of drug-likeness (QED) is 0.624. The summed E-state index contributed by atoms with van der Waals surface area (Å²) >= 11 is 3.71. The average Bonchev–Trinajstić information content (AvgIpc) is 3.45. The van der Waals surface area contributed by atoms with Gasteiger partial charge >= 0.3 is 0 Å². The summed E-state index contributed by atoms with van der Waals surface area (Å²) in [4.78, 5) is 20.7. The first-order valence-electron chi connectivity index (χ1n) is 10.8. The first kappa shape index (κ1) is 22.9. The van der Waals surface area contributed by atoms with Gasteiger partial charge in [-0.25, -0.2) is 0 Å². The first-order chi connectivity index (χ1) is 14.5. The zero-order chi connectivity index (χ0) is 21.6. The van der Waals surface area contributed by atoms with Crippen molar-refractivity contribution in [3.8, 4) is 0 Å². The Morgan fingerprint density at radius 3 is 2.20 bits per heavy atom. The fourth-order valence-corrected chi connectivity index (χ4v) is 6.03. The lowest BCUT2D eigenvalue weighted by molar-refractivity contribution is -0.126. The second kappa shape index (κ2) is 10.5. The van der Waals surface area contributed by atoms with E-state index in [-0.39, 0.29) is 11.7 Å². The van der Waals surface area contributed by atoms with Gasteiger partial charge in [-0.3, -0.25) is 9.79 Å². The highest BCUT2D eigenvalue weighted by Crippen LogP contribution is 2.36. The molecule has 162 valence electrons. The number of hydrogen-bond acceptors (Lipinski definition) is 5. The largest absolute Gasteiger partial charge is 0.496 e. The van der Waals surface area contributed by atoms with Crippen LogP contribution in [0.4, 0.5) is 0 Å². The summed E-state index contributed by atoms with van der Waals surface area (Å²) in [6.45, 7) is 6.63. The minimum atomic E-state index is -0.655. The van der Waals surface area contributed by atoms with Gasteiger partial charge in [-0.2, -0.15) is 0 Å². The number of carbonyl (C=O) groups excluding carboxylic acids is 1. The van der Waals surface area contributed by atoms with Crippen molar-refractivity contribution in [3.63, 3.8) is 0 Å². The molecule has 2 aliphatic heterocycles. The van der Waals surface area contributed by atoms with Crippen LogP contribution < -0.4 is 0 Å². The predicted molar refractivity (Wildman–Crippen MR) is 129 cm³/mol. The van der Waals surface area contributed by atoms with E-state index in [1.165, 1.54) is 34.7 Å². The van der Waals surface area contributed by atoms with Gasteiger partial charge < -0.3 is 10.0 Å². The number of nitrogens with zero attached hydrogens (tertiary/aromatic N) is 2. The van der Waals surface area contributed by atoms with Crippen LogP contribution in [0.3, 0.4) is 0 Å². The number of hydrogen-bond donors (Lipinski definition) is 1. The molecule has 6 heteroatoms. The summed E-state index contributed by atoms with van der Waals surface area (Å²) in [5, 5.41) is 13.9. The van der Waals surface area contributed by atoms with Crippen molar-refractivity contribution >= 4 is 39.9 Å². The molecule has 2 aliphatic rings. The van der Waals surface area contributed by atoms with Gasteiger partial charge in [0, 0.05) is 34.8 Å². The van der Waals surface area contributed by atoms with Crippen LogP contribution in [0.5, 0.6) is 0 Å². The van der Waals surface area contributed by atoms with Crippen molar-refractivity contribution in [3.05, 3.63) is 50.4 Å². The summed E-state index contributed by atoms with van der Waals surface area (Å²) < 4.78 is 0. The molecule has 0 unspecified atom stereocenters. The van der Waals surface area contributed by atoms with Crippen molar-refractivity contribution in [1.82, 2.24) is 4.90 Å². The number of aliphatic hydroxyl groups is 1. The highest BCUT2D eigenvalue weighted by Gasteiger charge is 2.41. The molecule has 2 aromatic heterocycles. The monoisotopic (exact) mass is 444 g/mol. The van der Waals surface area contributed by atoms with E-state index in [1.54, 1.807) is 5.57 Å². The minimum Gasteiger partial charge on any atom is -0.496 e. The van der Waals surface area contributed by atoms with E-state index in [0.717, 1.165) is 6.54 Å². The molecule has 1 N–H and O–H groups in total. The van der Waals surface area contributed by atoms with Gasteiger partial charge in [0.15, 0.2) is 5.90 Å². The fraction of sp³-hybridized carbons (Fsp3) is 0.500. The molecule has 4 heterocycles. The summed E-state index contributed by atoms with van der Waals surface area (Å²) in [5.74, 6) is 0.184. The lowest BCUT2D eigenvalue weighted by Gasteiger charge is -2.30. The van der Waals surface area contributed by atoms with Gasteiger partial charge in [0.1, 0.15) is 11.2 Å². The zero-order valence-corrected chi connectivity index (χ0v) is 19.8. The van der Waals surface area contributed by atoms with E-state index in [0.29, 0.717) is 25.8 Å². The van der Waals surface area contributed by atoms with Gasteiger partial charge in [0.2, 0.25) is 0 Å². The van der Waals surface area contributed by atoms with Crippen molar-refractivity contribution in [2.24, 2.45) is 10.4 Å². The third-order valence-corrected chi connectivity index (χ3v) is 7.91. The highest BCUT2D eigenvalue weighted by atomic mass is 32.1. The molecule has 0 saturated carbocycles. The molecule has 0 aliphatic carbocycles. The highest BCUT2D eigenvalue weighted by molar-refractivity contribution is 7.13. The molecule has 2 aromatic rings. The maximum absolute atomic E-state index is 11.5. The minimum absolute atomic E-state index is 0.0451. The van der Waals surface area contributed by atoms with Gasteiger partial charge in [0.05, 0.1) is 0 Å². The average molecular weight is 445 g/mol. The Hall–Kier alpha value is -1.76. The number of likely N-dealkylation sites (N-methyl/N-ethyl adjacent to an activating group) is 1.